The lowest BCUT2D eigenvalue weighted by atomic mass is 9.79. The summed E-state index contributed by atoms with van der Waals surface area (Å²) < 4.78 is 5.64. The highest BCUT2D eigenvalue weighted by molar-refractivity contribution is 5.82. The lowest BCUT2D eigenvalue weighted by molar-refractivity contribution is 0.403. The molecule has 0 atom stereocenters. The predicted octanol–water partition coefficient (Wildman–Crippen LogP) is 4.03. The molecule has 122 valence electrons. The fourth-order valence-corrected chi connectivity index (χ4v) is 3.23. The quantitative estimate of drug-likeness (QED) is 0.788. The van der Waals surface area contributed by atoms with Gasteiger partial charge >= 0.3 is 0 Å². The van der Waals surface area contributed by atoms with Crippen molar-refractivity contribution in [2.75, 3.05) is 7.11 Å². The monoisotopic (exact) mass is 319 g/mol. The molecule has 1 aromatic carbocycles. The van der Waals surface area contributed by atoms with Crippen molar-refractivity contribution in [1.82, 2.24) is 9.97 Å². The summed E-state index contributed by atoms with van der Waals surface area (Å²) in [4.78, 5) is 9.11. The lowest BCUT2D eigenvalue weighted by Crippen LogP contribution is -2.08. The minimum atomic E-state index is 0.418. The van der Waals surface area contributed by atoms with E-state index < -0.39 is 0 Å². The molecule has 0 aliphatic heterocycles. The zero-order valence-corrected chi connectivity index (χ0v) is 13.8. The zero-order valence-electron chi connectivity index (χ0n) is 13.8. The molecule has 3 aromatic rings. The number of rotatable bonds is 4. The number of hydrogen-bond acceptors (Lipinski definition) is 4. The summed E-state index contributed by atoms with van der Waals surface area (Å²) >= 11 is 0. The Morgan fingerprint density at radius 1 is 1.17 bits per heavy atom. The van der Waals surface area contributed by atoms with Gasteiger partial charge in [0.05, 0.1) is 24.0 Å². The summed E-state index contributed by atoms with van der Waals surface area (Å²) in [6.45, 7) is 0.418. The number of nitrogens with zero attached hydrogens (tertiary/aromatic N) is 2. The normalized spacial score (nSPS) is 14.6. The third-order valence-corrected chi connectivity index (χ3v) is 4.92. The Hall–Kier alpha value is -2.46. The van der Waals surface area contributed by atoms with Crippen LogP contribution in [0, 0.1) is 0 Å². The van der Waals surface area contributed by atoms with Gasteiger partial charge in [-0.05, 0) is 54.7 Å². The van der Waals surface area contributed by atoms with E-state index in [2.05, 4.69) is 23.2 Å². The topological polar surface area (TPSA) is 61.0 Å². The first kappa shape index (κ1) is 15.1. The first-order valence-corrected chi connectivity index (χ1v) is 8.42. The molecular formula is C20H21N3O. The second kappa shape index (κ2) is 6.21. The van der Waals surface area contributed by atoms with Crippen molar-refractivity contribution in [3.63, 3.8) is 0 Å². The second-order valence-electron chi connectivity index (χ2n) is 6.36. The molecule has 4 heteroatoms. The van der Waals surface area contributed by atoms with Crippen LogP contribution in [-0.2, 0) is 6.54 Å². The van der Waals surface area contributed by atoms with Gasteiger partial charge in [-0.2, -0.15) is 0 Å². The molecule has 2 N–H and O–H groups in total. The van der Waals surface area contributed by atoms with E-state index in [1.807, 2.05) is 24.4 Å². The molecular weight excluding hydrogens is 298 g/mol. The average molecular weight is 319 g/mol. The Bertz CT molecular complexity index is 887. The molecule has 0 spiro atoms. The Kier molecular flexibility index (Phi) is 3.90. The predicted molar refractivity (Wildman–Crippen MR) is 96.0 cm³/mol. The van der Waals surface area contributed by atoms with Gasteiger partial charge < -0.3 is 10.5 Å². The van der Waals surface area contributed by atoms with Gasteiger partial charge in [0.1, 0.15) is 5.75 Å². The first-order valence-electron chi connectivity index (χ1n) is 8.42. The van der Waals surface area contributed by atoms with E-state index in [0.717, 1.165) is 33.6 Å². The SMILES string of the molecule is COc1cc(C2CCC2)ccc1-c1ccc2cnc(CN)cc2n1. The lowest BCUT2D eigenvalue weighted by Gasteiger charge is -2.26. The molecule has 2 heterocycles. The van der Waals surface area contributed by atoms with E-state index in [0.29, 0.717) is 12.5 Å². The van der Waals surface area contributed by atoms with Gasteiger partial charge in [0.2, 0.25) is 0 Å². The second-order valence-corrected chi connectivity index (χ2v) is 6.36. The van der Waals surface area contributed by atoms with Crippen LogP contribution >= 0.6 is 0 Å². The van der Waals surface area contributed by atoms with Gasteiger partial charge in [0.25, 0.3) is 0 Å². The number of nitrogens with two attached hydrogens (primary N) is 1. The molecule has 24 heavy (non-hydrogen) atoms. The largest absolute Gasteiger partial charge is 0.496 e. The third kappa shape index (κ3) is 2.63. The molecule has 4 nitrogen and oxygen atoms in total. The van der Waals surface area contributed by atoms with Crippen molar-refractivity contribution < 1.29 is 4.74 Å². The number of ether oxygens (including phenoxy) is 1. The molecule has 2 aromatic heterocycles. The van der Waals surface area contributed by atoms with E-state index in [1.165, 1.54) is 24.8 Å². The van der Waals surface area contributed by atoms with Crippen LogP contribution in [0.3, 0.4) is 0 Å². The van der Waals surface area contributed by atoms with Crippen LogP contribution in [0.25, 0.3) is 22.2 Å². The van der Waals surface area contributed by atoms with Crippen LogP contribution in [-0.4, -0.2) is 17.1 Å². The summed E-state index contributed by atoms with van der Waals surface area (Å²) in [7, 11) is 1.72. The molecule has 1 aliphatic carbocycles. The number of hydrogen-bond donors (Lipinski definition) is 1. The molecule has 1 saturated carbocycles. The summed E-state index contributed by atoms with van der Waals surface area (Å²) in [5, 5.41) is 1.01. The molecule has 4 rings (SSSR count). The van der Waals surface area contributed by atoms with Gasteiger partial charge in [0, 0.05) is 23.7 Å². The van der Waals surface area contributed by atoms with E-state index in [9.17, 15) is 0 Å². The highest BCUT2D eigenvalue weighted by atomic mass is 16.5. The molecule has 1 fully saturated rings. The van der Waals surface area contributed by atoms with Gasteiger partial charge in [-0.25, -0.2) is 4.98 Å². The molecule has 0 saturated heterocycles. The van der Waals surface area contributed by atoms with E-state index in [4.69, 9.17) is 15.5 Å². The minimum absolute atomic E-state index is 0.418. The number of aromatic nitrogens is 2. The third-order valence-electron chi connectivity index (χ3n) is 4.92. The average Bonchev–Trinajstić information content (AvgIpc) is 2.59. The van der Waals surface area contributed by atoms with E-state index in [1.54, 1.807) is 7.11 Å². The maximum absolute atomic E-state index is 5.69. The summed E-state index contributed by atoms with van der Waals surface area (Å²) in [6.07, 6.45) is 5.72. The summed E-state index contributed by atoms with van der Waals surface area (Å²) in [5.74, 6) is 1.58. The van der Waals surface area contributed by atoms with Crippen LogP contribution in [0.15, 0.2) is 42.6 Å². The van der Waals surface area contributed by atoms with Crippen molar-refractivity contribution >= 4 is 10.9 Å². The maximum Gasteiger partial charge on any atom is 0.128 e. The standard InChI is InChI=1S/C20H21N3O/c1-24-20-9-14(13-3-2-4-13)5-7-17(20)18-8-6-15-12-22-16(11-21)10-19(15)23-18/h5-10,12-13H,2-4,11,21H2,1H3. The first-order chi connectivity index (χ1) is 11.8. The van der Waals surface area contributed by atoms with Crippen LogP contribution in [0.5, 0.6) is 5.75 Å². The van der Waals surface area contributed by atoms with E-state index in [-0.39, 0.29) is 0 Å². The fourth-order valence-electron chi connectivity index (χ4n) is 3.23. The molecule has 0 amide bonds. The number of methoxy groups -OCH3 is 1. The Labute approximate surface area is 141 Å². The molecule has 0 radical (unpaired) electrons. The molecule has 1 aliphatic rings. The molecule has 0 unspecified atom stereocenters. The fraction of sp³-hybridized carbons (Fsp3) is 0.300. The van der Waals surface area contributed by atoms with Gasteiger partial charge in [0.15, 0.2) is 0 Å². The van der Waals surface area contributed by atoms with Crippen molar-refractivity contribution in [1.29, 1.82) is 0 Å². The minimum Gasteiger partial charge on any atom is -0.496 e. The maximum atomic E-state index is 5.69. The number of benzene rings is 1. The summed E-state index contributed by atoms with van der Waals surface area (Å²) in [6, 6.07) is 12.5. The van der Waals surface area contributed by atoms with Crippen LogP contribution in [0.1, 0.15) is 36.4 Å². The van der Waals surface area contributed by atoms with Gasteiger partial charge in [-0.1, -0.05) is 12.5 Å². The van der Waals surface area contributed by atoms with Crippen molar-refractivity contribution in [2.24, 2.45) is 5.73 Å². The highest BCUT2D eigenvalue weighted by Crippen LogP contribution is 2.40. The van der Waals surface area contributed by atoms with Crippen LogP contribution < -0.4 is 10.5 Å². The molecule has 0 bridgehead atoms. The Morgan fingerprint density at radius 3 is 2.75 bits per heavy atom. The van der Waals surface area contributed by atoms with Gasteiger partial charge in [-0.15, -0.1) is 0 Å². The van der Waals surface area contributed by atoms with Crippen molar-refractivity contribution in [3.8, 4) is 17.0 Å². The Balaban J connectivity index is 1.78. The van der Waals surface area contributed by atoms with Crippen molar-refractivity contribution in [3.05, 3.63) is 53.9 Å². The smallest absolute Gasteiger partial charge is 0.128 e. The number of pyridine rings is 2. The van der Waals surface area contributed by atoms with E-state index >= 15 is 0 Å². The zero-order chi connectivity index (χ0) is 16.5. The van der Waals surface area contributed by atoms with Crippen LogP contribution in [0.2, 0.25) is 0 Å². The Morgan fingerprint density at radius 2 is 2.04 bits per heavy atom. The number of fused-ring (bicyclic) bond motifs is 1. The van der Waals surface area contributed by atoms with Crippen molar-refractivity contribution in [2.45, 2.75) is 31.7 Å². The van der Waals surface area contributed by atoms with Gasteiger partial charge in [-0.3, -0.25) is 4.98 Å². The summed E-state index contributed by atoms with van der Waals surface area (Å²) in [5.41, 5.74) is 10.8. The van der Waals surface area contributed by atoms with Crippen LogP contribution in [0.4, 0.5) is 0 Å². The highest BCUT2D eigenvalue weighted by Gasteiger charge is 2.21.